The lowest BCUT2D eigenvalue weighted by molar-refractivity contribution is 0.111. The molecular formula is C10H6BrNO3. The van der Waals surface area contributed by atoms with E-state index in [1.165, 1.54) is 6.07 Å². The Bertz CT molecular complexity index is 507. The van der Waals surface area contributed by atoms with Crippen LogP contribution in [0.25, 0.3) is 11.3 Å². The first-order valence-electron chi connectivity index (χ1n) is 4.12. The van der Waals surface area contributed by atoms with Crippen molar-refractivity contribution in [1.29, 1.82) is 0 Å². The lowest BCUT2D eigenvalue weighted by atomic mass is 10.1. The Hall–Kier alpha value is -1.62. The molecule has 0 atom stereocenters. The van der Waals surface area contributed by atoms with Crippen molar-refractivity contribution in [3.8, 4) is 17.1 Å². The van der Waals surface area contributed by atoms with E-state index in [0.717, 1.165) is 0 Å². The van der Waals surface area contributed by atoms with Crippen LogP contribution in [-0.4, -0.2) is 16.5 Å². The number of aromatic nitrogens is 1. The van der Waals surface area contributed by atoms with Gasteiger partial charge < -0.3 is 9.63 Å². The Labute approximate surface area is 93.6 Å². The molecule has 0 aliphatic heterocycles. The number of phenols is 1. The van der Waals surface area contributed by atoms with Crippen molar-refractivity contribution in [2.24, 2.45) is 0 Å². The highest BCUT2D eigenvalue weighted by Gasteiger charge is 2.14. The summed E-state index contributed by atoms with van der Waals surface area (Å²) in [5, 5.41) is 12.9. The Morgan fingerprint density at radius 1 is 1.47 bits per heavy atom. The summed E-state index contributed by atoms with van der Waals surface area (Å²) >= 11 is 3.20. The summed E-state index contributed by atoms with van der Waals surface area (Å²) in [4.78, 5) is 10.5. The van der Waals surface area contributed by atoms with E-state index in [-0.39, 0.29) is 11.4 Å². The SMILES string of the molecule is O=Cc1noc(-c2cccc(O)c2)c1Br. The highest BCUT2D eigenvalue weighted by molar-refractivity contribution is 9.10. The van der Waals surface area contributed by atoms with Crippen LogP contribution in [0, 0.1) is 0 Å². The fraction of sp³-hybridized carbons (Fsp3) is 0. The number of halogens is 1. The molecule has 0 amide bonds. The average molecular weight is 268 g/mol. The number of benzene rings is 1. The van der Waals surface area contributed by atoms with Crippen molar-refractivity contribution < 1.29 is 14.4 Å². The van der Waals surface area contributed by atoms with E-state index in [0.29, 0.717) is 22.1 Å². The smallest absolute Gasteiger partial charge is 0.181 e. The van der Waals surface area contributed by atoms with Gasteiger partial charge in [0.05, 0.1) is 4.47 Å². The third-order valence-electron chi connectivity index (χ3n) is 1.88. The van der Waals surface area contributed by atoms with Gasteiger partial charge in [0.2, 0.25) is 0 Å². The number of hydrogen-bond donors (Lipinski definition) is 1. The van der Waals surface area contributed by atoms with Gasteiger partial charge in [0.1, 0.15) is 5.75 Å². The molecule has 1 aromatic heterocycles. The summed E-state index contributed by atoms with van der Waals surface area (Å²) in [6.07, 6.45) is 0.597. The zero-order valence-corrected chi connectivity index (χ0v) is 9.06. The van der Waals surface area contributed by atoms with Crippen molar-refractivity contribution in [1.82, 2.24) is 5.16 Å². The van der Waals surface area contributed by atoms with Crippen LogP contribution < -0.4 is 0 Å². The van der Waals surface area contributed by atoms with E-state index in [1.807, 2.05) is 0 Å². The van der Waals surface area contributed by atoms with Gasteiger partial charge in [0.25, 0.3) is 0 Å². The molecule has 0 saturated heterocycles. The second-order valence-electron chi connectivity index (χ2n) is 2.88. The predicted molar refractivity (Wildman–Crippen MR) is 56.7 cm³/mol. The van der Waals surface area contributed by atoms with Crippen LogP contribution in [0.5, 0.6) is 5.75 Å². The Kier molecular flexibility index (Phi) is 2.55. The van der Waals surface area contributed by atoms with E-state index in [9.17, 15) is 9.90 Å². The number of carbonyl (C=O) groups excluding carboxylic acids is 1. The van der Waals surface area contributed by atoms with Crippen LogP contribution in [0.3, 0.4) is 0 Å². The molecule has 0 aliphatic rings. The second kappa shape index (κ2) is 3.86. The first kappa shape index (κ1) is 9.92. The highest BCUT2D eigenvalue weighted by atomic mass is 79.9. The number of phenolic OH excluding ortho intramolecular Hbond substituents is 1. The molecule has 76 valence electrons. The van der Waals surface area contributed by atoms with Crippen molar-refractivity contribution in [3.63, 3.8) is 0 Å². The van der Waals surface area contributed by atoms with Gasteiger partial charge in [-0.3, -0.25) is 4.79 Å². The van der Waals surface area contributed by atoms with Crippen molar-refractivity contribution >= 4 is 22.2 Å². The molecule has 2 aromatic rings. The summed E-state index contributed by atoms with van der Waals surface area (Å²) in [6, 6.07) is 6.51. The van der Waals surface area contributed by atoms with Gasteiger partial charge in [-0.15, -0.1) is 0 Å². The maximum atomic E-state index is 10.5. The third-order valence-corrected chi connectivity index (χ3v) is 2.65. The van der Waals surface area contributed by atoms with E-state index in [4.69, 9.17) is 4.52 Å². The van der Waals surface area contributed by atoms with Gasteiger partial charge in [-0.1, -0.05) is 17.3 Å². The van der Waals surface area contributed by atoms with Crippen molar-refractivity contribution in [2.45, 2.75) is 0 Å². The number of carbonyl (C=O) groups is 1. The minimum absolute atomic E-state index is 0.128. The van der Waals surface area contributed by atoms with Crippen LogP contribution in [0.15, 0.2) is 33.3 Å². The molecule has 1 N–H and O–H groups in total. The van der Waals surface area contributed by atoms with E-state index < -0.39 is 0 Å². The standard InChI is InChI=1S/C10H6BrNO3/c11-9-8(5-13)12-15-10(9)6-2-1-3-7(14)4-6/h1-5,14H. The number of nitrogens with zero attached hydrogens (tertiary/aromatic N) is 1. The van der Waals surface area contributed by atoms with Gasteiger partial charge >= 0.3 is 0 Å². The molecule has 0 bridgehead atoms. The predicted octanol–water partition coefficient (Wildman–Crippen LogP) is 2.62. The summed E-state index contributed by atoms with van der Waals surface area (Å²) in [7, 11) is 0. The molecule has 4 nitrogen and oxygen atoms in total. The molecule has 0 radical (unpaired) electrons. The molecular weight excluding hydrogens is 262 g/mol. The lowest BCUT2D eigenvalue weighted by Gasteiger charge is -1.96. The molecule has 15 heavy (non-hydrogen) atoms. The zero-order valence-electron chi connectivity index (χ0n) is 7.48. The highest BCUT2D eigenvalue weighted by Crippen LogP contribution is 2.31. The second-order valence-corrected chi connectivity index (χ2v) is 3.67. The van der Waals surface area contributed by atoms with Crippen molar-refractivity contribution in [3.05, 3.63) is 34.4 Å². The molecule has 0 spiro atoms. The van der Waals surface area contributed by atoms with Gasteiger partial charge in [-0.25, -0.2) is 0 Å². The van der Waals surface area contributed by atoms with Gasteiger partial charge in [0, 0.05) is 5.56 Å². The van der Waals surface area contributed by atoms with Crippen LogP contribution in [0.4, 0.5) is 0 Å². The molecule has 0 unspecified atom stereocenters. The minimum Gasteiger partial charge on any atom is -0.508 e. The number of hydrogen-bond acceptors (Lipinski definition) is 4. The molecule has 1 aromatic carbocycles. The quantitative estimate of drug-likeness (QED) is 0.850. The van der Waals surface area contributed by atoms with E-state index in [2.05, 4.69) is 21.1 Å². The molecule has 1 heterocycles. The van der Waals surface area contributed by atoms with Crippen LogP contribution in [-0.2, 0) is 0 Å². The summed E-state index contributed by atoms with van der Waals surface area (Å²) in [5.41, 5.74) is 0.857. The number of aromatic hydroxyl groups is 1. The van der Waals surface area contributed by atoms with E-state index >= 15 is 0 Å². The summed E-state index contributed by atoms with van der Waals surface area (Å²) < 4.78 is 5.48. The first-order valence-corrected chi connectivity index (χ1v) is 4.91. The number of rotatable bonds is 2. The van der Waals surface area contributed by atoms with Crippen LogP contribution in [0.2, 0.25) is 0 Å². The maximum absolute atomic E-state index is 10.5. The topological polar surface area (TPSA) is 63.3 Å². The minimum atomic E-state index is 0.128. The molecule has 0 aliphatic carbocycles. The molecule has 5 heteroatoms. The third kappa shape index (κ3) is 1.78. The molecule has 2 rings (SSSR count). The van der Waals surface area contributed by atoms with Gasteiger partial charge in [0.15, 0.2) is 17.7 Å². The van der Waals surface area contributed by atoms with E-state index in [1.54, 1.807) is 18.2 Å². The van der Waals surface area contributed by atoms with Crippen molar-refractivity contribution in [2.75, 3.05) is 0 Å². The normalized spacial score (nSPS) is 10.2. The van der Waals surface area contributed by atoms with Crippen LogP contribution >= 0.6 is 15.9 Å². The van der Waals surface area contributed by atoms with Gasteiger partial charge in [-0.2, -0.15) is 0 Å². The first-order chi connectivity index (χ1) is 7.22. The van der Waals surface area contributed by atoms with Gasteiger partial charge in [-0.05, 0) is 28.1 Å². The average Bonchev–Trinajstić information content (AvgIpc) is 2.59. The monoisotopic (exact) mass is 267 g/mol. The maximum Gasteiger partial charge on any atom is 0.181 e. The fourth-order valence-corrected chi connectivity index (χ4v) is 1.66. The molecule has 0 saturated carbocycles. The van der Waals surface area contributed by atoms with Crippen LogP contribution in [0.1, 0.15) is 10.5 Å². The fourth-order valence-electron chi connectivity index (χ4n) is 1.19. The largest absolute Gasteiger partial charge is 0.508 e. The summed E-state index contributed by atoms with van der Waals surface area (Å²) in [6.45, 7) is 0. The number of aldehydes is 1. The Balaban J connectivity index is 2.54. The molecule has 0 fully saturated rings. The summed E-state index contributed by atoms with van der Waals surface area (Å²) in [5.74, 6) is 0.552. The Morgan fingerprint density at radius 2 is 2.27 bits per heavy atom. The zero-order chi connectivity index (χ0) is 10.8. The lowest BCUT2D eigenvalue weighted by Crippen LogP contribution is -1.79. The Morgan fingerprint density at radius 3 is 2.87 bits per heavy atom.